The first-order valence-electron chi connectivity index (χ1n) is 10.2. The summed E-state index contributed by atoms with van der Waals surface area (Å²) in [7, 11) is -3.36. The van der Waals surface area contributed by atoms with Gasteiger partial charge in [-0.3, -0.25) is 4.79 Å². The summed E-state index contributed by atoms with van der Waals surface area (Å²) in [4.78, 5) is 16.3. The molecule has 2 saturated heterocycles. The zero-order valence-electron chi connectivity index (χ0n) is 15.8. The molecular formula is C19H30N3O3S2+. The number of piperazine rings is 1. The smallest absolute Gasteiger partial charge is 0.278 e. The highest BCUT2D eigenvalue weighted by Crippen LogP contribution is 2.35. The third-order valence-corrected chi connectivity index (χ3v) is 9.76. The van der Waals surface area contributed by atoms with Crippen LogP contribution in [-0.4, -0.2) is 68.8 Å². The summed E-state index contributed by atoms with van der Waals surface area (Å²) >= 11 is 1.27. The fourth-order valence-electron chi connectivity index (χ4n) is 5.01. The van der Waals surface area contributed by atoms with E-state index >= 15 is 0 Å². The maximum atomic E-state index is 13.0. The van der Waals surface area contributed by atoms with Crippen molar-refractivity contribution in [1.29, 1.82) is 0 Å². The summed E-state index contributed by atoms with van der Waals surface area (Å²) in [6, 6.07) is 3.90. The van der Waals surface area contributed by atoms with E-state index in [9.17, 15) is 13.2 Å². The average molecular weight is 413 g/mol. The number of nitrogens with zero attached hydrogens (tertiary/aromatic N) is 2. The predicted octanol–water partition coefficient (Wildman–Crippen LogP) is 0.819. The Labute approximate surface area is 166 Å². The third kappa shape index (κ3) is 4.09. The molecule has 3 heterocycles. The van der Waals surface area contributed by atoms with Crippen LogP contribution in [0.4, 0.5) is 0 Å². The number of fused-ring (bicyclic) bond motifs is 1. The van der Waals surface area contributed by atoms with Gasteiger partial charge in [-0.1, -0.05) is 18.9 Å². The first-order chi connectivity index (χ1) is 13.1. The molecule has 150 valence electrons. The lowest BCUT2D eigenvalue weighted by Gasteiger charge is -2.44. The second-order valence-corrected chi connectivity index (χ2v) is 11.2. The van der Waals surface area contributed by atoms with Gasteiger partial charge in [-0.05, 0) is 43.0 Å². The summed E-state index contributed by atoms with van der Waals surface area (Å²) in [5.41, 5.74) is 0. The number of rotatable bonds is 4. The molecular weight excluding hydrogens is 382 g/mol. The maximum Gasteiger partial charge on any atom is 0.278 e. The molecule has 8 heteroatoms. The topological polar surface area (TPSA) is 62.1 Å². The van der Waals surface area contributed by atoms with Crippen LogP contribution in [0.2, 0.25) is 0 Å². The van der Waals surface area contributed by atoms with E-state index in [4.69, 9.17) is 0 Å². The van der Waals surface area contributed by atoms with Crippen LogP contribution in [0.3, 0.4) is 0 Å². The monoisotopic (exact) mass is 412 g/mol. The number of amides is 1. The van der Waals surface area contributed by atoms with Gasteiger partial charge in [0.05, 0.1) is 26.2 Å². The van der Waals surface area contributed by atoms with Gasteiger partial charge in [0.25, 0.3) is 15.9 Å². The molecule has 2 atom stereocenters. The van der Waals surface area contributed by atoms with Crippen LogP contribution in [-0.2, 0) is 14.8 Å². The Kier molecular flexibility index (Phi) is 5.87. The SMILES string of the molecule is O=C(C[NH+]1CCN(S(=O)(=O)c2cccs2)CC1)N1CCC[C@H]2CCCC[C@@H]21. The van der Waals surface area contributed by atoms with E-state index in [0.717, 1.165) is 13.0 Å². The summed E-state index contributed by atoms with van der Waals surface area (Å²) in [6.07, 6.45) is 7.42. The van der Waals surface area contributed by atoms with E-state index in [2.05, 4.69) is 4.90 Å². The van der Waals surface area contributed by atoms with Crippen LogP contribution in [0.15, 0.2) is 21.7 Å². The highest BCUT2D eigenvalue weighted by Gasteiger charge is 2.38. The second kappa shape index (κ2) is 8.19. The Morgan fingerprint density at radius 3 is 2.59 bits per heavy atom. The first-order valence-corrected chi connectivity index (χ1v) is 12.5. The lowest BCUT2D eigenvalue weighted by molar-refractivity contribution is -0.896. The van der Waals surface area contributed by atoms with Crippen LogP contribution >= 0.6 is 11.3 Å². The number of thiophene rings is 1. The number of likely N-dealkylation sites (tertiary alicyclic amines) is 1. The summed E-state index contributed by atoms with van der Waals surface area (Å²) in [6.45, 7) is 3.82. The van der Waals surface area contributed by atoms with Crippen molar-refractivity contribution in [2.45, 2.75) is 48.8 Å². The largest absolute Gasteiger partial charge is 0.335 e. The van der Waals surface area contributed by atoms with Crippen molar-refractivity contribution in [2.75, 3.05) is 39.3 Å². The summed E-state index contributed by atoms with van der Waals surface area (Å²) in [5, 5.41) is 1.80. The quantitative estimate of drug-likeness (QED) is 0.796. The summed E-state index contributed by atoms with van der Waals surface area (Å²) < 4.78 is 27.3. The molecule has 0 unspecified atom stereocenters. The van der Waals surface area contributed by atoms with E-state index in [-0.39, 0.29) is 5.91 Å². The Hall–Kier alpha value is -0.960. The molecule has 3 fully saturated rings. The van der Waals surface area contributed by atoms with Gasteiger partial charge in [-0.15, -0.1) is 11.3 Å². The molecule has 0 spiro atoms. The van der Waals surface area contributed by atoms with Crippen LogP contribution in [0.25, 0.3) is 0 Å². The fourth-order valence-corrected chi connectivity index (χ4v) is 7.59. The maximum absolute atomic E-state index is 13.0. The molecule has 0 aromatic carbocycles. The van der Waals surface area contributed by atoms with E-state index in [0.29, 0.717) is 48.9 Å². The molecule has 1 N–H and O–H groups in total. The molecule has 1 aliphatic carbocycles. The molecule has 4 rings (SSSR count). The summed E-state index contributed by atoms with van der Waals surface area (Å²) in [5.74, 6) is 0.982. The standard InChI is InChI=1S/C19H29N3O3S2/c23-18(22-9-3-6-16-5-1-2-7-17(16)22)15-20-10-12-21(13-11-20)27(24,25)19-8-4-14-26-19/h4,8,14,16-17H,1-3,5-7,9-13,15H2/p+1/t16-,17+/m1/s1. The second-order valence-electron chi connectivity index (χ2n) is 8.10. The molecule has 1 amide bonds. The first kappa shape index (κ1) is 19.4. The van der Waals surface area contributed by atoms with Crippen molar-refractivity contribution >= 4 is 27.3 Å². The number of nitrogens with one attached hydrogen (secondary N) is 1. The highest BCUT2D eigenvalue weighted by molar-refractivity contribution is 7.91. The molecule has 3 aliphatic rings. The van der Waals surface area contributed by atoms with Crippen molar-refractivity contribution in [3.05, 3.63) is 17.5 Å². The van der Waals surface area contributed by atoms with E-state index in [1.165, 1.54) is 48.3 Å². The number of quaternary nitrogens is 1. The van der Waals surface area contributed by atoms with Gasteiger partial charge >= 0.3 is 0 Å². The number of carbonyl (C=O) groups excluding carboxylic acids is 1. The zero-order valence-corrected chi connectivity index (χ0v) is 17.4. The number of hydrogen-bond acceptors (Lipinski definition) is 4. The minimum Gasteiger partial charge on any atom is -0.335 e. The minimum absolute atomic E-state index is 0.274. The van der Waals surface area contributed by atoms with Gasteiger partial charge < -0.3 is 9.80 Å². The average Bonchev–Trinajstić information content (AvgIpc) is 3.24. The number of carbonyl (C=O) groups is 1. The zero-order chi connectivity index (χ0) is 18.9. The Morgan fingerprint density at radius 1 is 1.11 bits per heavy atom. The fraction of sp³-hybridized carbons (Fsp3) is 0.737. The molecule has 2 aliphatic heterocycles. The van der Waals surface area contributed by atoms with Crippen LogP contribution in [0.5, 0.6) is 0 Å². The number of sulfonamides is 1. The van der Waals surface area contributed by atoms with Crippen LogP contribution in [0.1, 0.15) is 38.5 Å². The Balaban J connectivity index is 1.32. The molecule has 1 aromatic rings. The van der Waals surface area contributed by atoms with Gasteiger partial charge in [-0.2, -0.15) is 4.31 Å². The molecule has 1 saturated carbocycles. The van der Waals surface area contributed by atoms with Crippen molar-refractivity contribution in [3.63, 3.8) is 0 Å². The predicted molar refractivity (Wildman–Crippen MR) is 105 cm³/mol. The van der Waals surface area contributed by atoms with Crippen molar-refractivity contribution in [2.24, 2.45) is 5.92 Å². The Morgan fingerprint density at radius 2 is 1.85 bits per heavy atom. The van der Waals surface area contributed by atoms with Gasteiger partial charge in [0.15, 0.2) is 6.54 Å². The van der Waals surface area contributed by atoms with Crippen LogP contribution < -0.4 is 4.90 Å². The van der Waals surface area contributed by atoms with E-state index in [1.54, 1.807) is 21.8 Å². The molecule has 1 aromatic heterocycles. The van der Waals surface area contributed by atoms with E-state index < -0.39 is 10.0 Å². The van der Waals surface area contributed by atoms with Gasteiger partial charge in [-0.25, -0.2) is 8.42 Å². The van der Waals surface area contributed by atoms with Crippen molar-refractivity contribution in [1.82, 2.24) is 9.21 Å². The normalized spacial score (nSPS) is 28.1. The number of hydrogen-bond donors (Lipinski definition) is 1. The molecule has 0 radical (unpaired) electrons. The molecule has 6 nitrogen and oxygen atoms in total. The Bertz CT molecular complexity index is 740. The van der Waals surface area contributed by atoms with Gasteiger partial charge in [0.1, 0.15) is 4.21 Å². The molecule has 27 heavy (non-hydrogen) atoms. The highest BCUT2D eigenvalue weighted by atomic mass is 32.2. The van der Waals surface area contributed by atoms with Gasteiger partial charge in [0.2, 0.25) is 0 Å². The minimum atomic E-state index is -3.36. The molecule has 0 bridgehead atoms. The van der Waals surface area contributed by atoms with Crippen molar-refractivity contribution in [3.8, 4) is 0 Å². The lowest BCUT2D eigenvalue weighted by Crippen LogP contribution is -3.15. The van der Waals surface area contributed by atoms with Crippen LogP contribution in [0, 0.1) is 5.92 Å². The van der Waals surface area contributed by atoms with E-state index in [1.807, 2.05) is 0 Å². The van der Waals surface area contributed by atoms with Gasteiger partial charge in [0, 0.05) is 12.6 Å². The number of piperidine rings is 1. The van der Waals surface area contributed by atoms with Crippen molar-refractivity contribution < 1.29 is 18.1 Å². The lowest BCUT2D eigenvalue weighted by atomic mass is 9.78. The third-order valence-electron chi connectivity index (χ3n) is 6.48.